The summed E-state index contributed by atoms with van der Waals surface area (Å²) >= 11 is 0. The lowest BCUT2D eigenvalue weighted by molar-refractivity contribution is -0.126. The number of hydrogen-bond acceptors (Lipinski definition) is 6. The second kappa shape index (κ2) is 13.2. The number of rotatable bonds is 7. The zero-order valence-electron chi connectivity index (χ0n) is 25.3. The number of carbonyl (C=O) groups is 2. The van der Waals surface area contributed by atoms with Gasteiger partial charge in [0.05, 0.1) is 30.3 Å². The molecule has 42 heavy (non-hydrogen) atoms. The maximum atomic E-state index is 15.5. The Labute approximate surface area is 249 Å². The van der Waals surface area contributed by atoms with Gasteiger partial charge in [0.2, 0.25) is 11.8 Å². The summed E-state index contributed by atoms with van der Waals surface area (Å²) in [6.07, 6.45) is 10.3. The lowest BCUT2D eigenvalue weighted by Crippen LogP contribution is -2.49. The van der Waals surface area contributed by atoms with Crippen molar-refractivity contribution in [2.45, 2.75) is 77.8 Å². The van der Waals surface area contributed by atoms with Crippen LogP contribution in [0.25, 0.3) is 0 Å². The summed E-state index contributed by atoms with van der Waals surface area (Å²) in [5, 5.41) is 9.54. The Morgan fingerprint density at radius 2 is 2.10 bits per heavy atom. The van der Waals surface area contributed by atoms with Crippen molar-refractivity contribution in [2.24, 2.45) is 33.7 Å². The molecule has 1 aromatic carbocycles. The van der Waals surface area contributed by atoms with Gasteiger partial charge in [-0.15, -0.1) is 0 Å². The molecule has 0 aromatic heterocycles. The highest BCUT2D eigenvalue weighted by atomic mass is 19.1. The maximum Gasteiger partial charge on any atom is 0.225 e. The summed E-state index contributed by atoms with van der Waals surface area (Å²) in [6.45, 7) is 8.03. The Morgan fingerprint density at radius 3 is 2.86 bits per heavy atom. The summed E-state index contributed by atoms with van der Waals surface area (Å²) in [4.78, 5) is 38.4. The van der Waals surface area contributed by atoms with Crippen molar-refractivity contribution in [1.29, 1.82) is 0 Å². The first-order valence-electron chi connectivity index (χ1n) is 15.6. The summed E-state index contributed by atoms with van der Waals surface area (Å²) < 4.78 is 15.5. The molecule has 2 aliphatic carbocycles. The van der Waals surface area contributed by atoms with Crippen LogP contribution in [0.2, 0.25) is 0 Å². The number of benzene rings is 1. The first kappa shape index (κ1) is 30.0. The molecule has 3 heterocycles. The van der Waals surface area contributed by atoms with Crippen LogP contribution in [-0.2, 0) is 16.0 Å². The summed E-state index contributed by atoms with van der Waals surface area (Å²) in [7, 11) is 1.64. The number of fused-ring (bicyclic) bond motifs is 6. The minimum absolute atomic E-state index is 0.0127. The van der Waals surface area contributed by atoms with Gasteiger partial charge >= 0.3 is 0 Å². The number of nitrogens with zero attached hydrogens (tertiary/aromatic N) is 3. The quantitative estimate of drug-likeness (QED) is 0.390. The third-order valence-electron chi connectivity index (χ3n) is 9.38. The van der Waals surface area contributed by atoms with Crippen molar-refractivity contribution < 1.29 is 14.0 Å². The van der Waals surface area contributed by atoms with E-state index in [9.17, 15) is 9.59 Å². The number of amidine groups is 1. The number of anilines is 2. The van der Waals surface area contributed by atoms with Crippen molar-refractivity contribution >= 4 is 34.7 Å². The van der Waals surface area contributed by atoms with Crippen LogP contribution in [0.5, 0.6) is 0 Å². The van der Waals surface area contributed by atoms with Gasteiger partial charge in [-0.1, -0.05) is 26.0 Å². The number of carbonyl (C=O) groups excluding carboxylic acids is 2. The van der Waals surface area contributed by atoms with E-state index in [1.807, 2.05) is 19.1 Å². The number of amides is 2. The van der Waals surface area contributed by atoms with E-state index in [-0.39, 0.29) is 54.0 Å². The predicted molar refractivity (Wildman–Crippen MR) is 168 cm³/mol. The number of hydrogen-bond donors (Lipinski definition) is 3. The first-order chi connectivity index (χ1) is 20.3. The van der Waals surface area contributed by atoms with Gasteiger partial charge in [0.25, 0.3) is 0 Å². The van der Waals surface area contributed by atoms with Crippen LogP contribution in [0.15, 0.2) is 52.4 Å². The lowest BCUT2D eigenvalue weighted by Gasteiger charge is -2.34. The monoisotopic (exact) mass is 576 g/mol. The fourth-order valence-electron chi connectivity index (χ4n) is 7.32. The summed E-state index contributed by atoms with van der Waals surface area (Å²) in [6, 6.07) is 5.69. The van der Waals surface area contributed by atoms with Crippen LogP contribution in [0.1, 0.15) is 64.9 Å². The molecule has 5 aliphatic rings. The number of allylic oxidation sites excluding steroid dienone is 2. The van der Waals surface area contributed by atoms with Crippen LogP contribution < -0.4 is 20.9 Å². The molecule has 6 unspecified atom stereocenters. The topological polar surface area (TPSA) is 98.2 Å². The molecule has 1 aromatic rings. The third kappa shape index (κ3) is 6.30. The molecule has 3 N–H and O–H groups in total. The highest BCUT2D eigenvalue weighted by Crippen LogP contribution is 2.50. The Morgan fingerprint density at radius 1 is 1.26 bits per heavy atom. The third-order valence-corrected chi connectivity index (χ3v) is 9.38. The van der Waals surface area contributed by atoms with Crippen molar-refractivity contribution in [3.63, 3.8) is 0 Å². The van der Waals surface area contributed by atoms with Crippen LogP contribution >= 0.6 is 0 Å². The molecular formula is C33H45FN6O2. The molecule has 2 saturated carbocycles. The average Bonchev–Trinajstić information content (AvgIpc) is 3.53. The van der Waals surface area contributed by atoms with Crippen molar-refractivity contribution in [3.05, 3.63) is 47.9 Å². The molecule has 6 atom stereocenters. The van der Waals surface area contributed by atoms with E-state index in [0.717, 1.165) is 55.7 Å². The normalized spacial score (nSPS) is 28.9. The number of halogens is 1. The molecule has 3 aliphatic heterocycles. The summed E-state index contributed by atoms with van der Waals surface area (Å²) in [5.41, 5.74) is 3.21. The van der Waals surface area contributed by atoms with E-state index in [4.69, 9.17) is 4.99 Å². The van der Waals surface area contributed by atoms with Crippen LogP contribution in [0.3, 0.4) is 0 Å². The molecular weight excluding hydrogens is 531 g/mol. The first-order valence-corrected chi connectivity index (χ1v) is 15.6. The Bertz CT molecular complexity index is 1300. The molecule has 0 radical (unpaired) electrons. The van der Waals surface area contributed by atoms with Gasteiger partial charge in [0.15, 0.2) is 5.83 Å². The fourth-order valence-corrected chi connectivity index (χ4v) is 7.32. The van der Waals surface area contributed by atoms with Crippen molar-refractivity contribution in [1.82, 2.24) is 10.6 Å². The SMILES string of the molecule is CC=CCCN(CCC)c1ccc2cc1CC(=O)NC1CC3CC1C(N=C1CCC(C)C(=NC=C1F)N2)C3C(=O)NC. The van der Waals surface area contributed by atoms with Gasteiger partial charge in [-0.3, -0.25) is 14.6 Å². The molecule has 2 fully saturated rings. The van der Waals surface area contributed by atoms with E-state index in [0.29, 0.717) is 24.4 Å². The van der Waals surface area contributed by atoms with Gasteiger partial charge in [-0.2, -0.15) is 0 Å². The molecule has 6 bridgehead atoms. The lowest BCUT2D eigenvalue weighted by atomic mass is 9.81. The summed E-state index contributed by atoms with van der Waals surface area (Å²) in [5.74, 6) is -0.0605. The average molecular weight is 577 g/mol. The molecule has 9 heteroatoms. The smallest absolute Gasteiger partial charge is 0.225 e. The Balaban J connectivity index is 1.56. The minimum atomic E-state index is -0.459. The zero-order valence-corrected chi connectivity index (χ0v) is 25.3. The molecule has 0 saturated heterocycles. The molecule has 226 valence electrons. The van der Waals surface area contributed by atoms with Crippen LogP contribution in [0, 0.1) is 23.7 Å². The van der Waals surface area contributed by atoms with Crippen molar-refractivity contribution in [2.75, 3.05) is 30.4 Å². The highest BCUT2D eigenvalue weighted by molar-refractivity contribution is 6.02. The molecule has 6 rings (SSSR count). The Kier molecular flexibility index (Phi) is 9.43. The molecule has 0 spiro atoms. The number of nitrogens with one attached hydrogen (secondary N) is 3. The Hall–Kier alpha value is -3.49. The van der Waals surface area contributed by atoms with E-state index >= 15 is 4.39 Å². The van der Waals surface area contributed by atoms with E-state index in [1.165, 1.54) is 6.20 Å². The minimum Gasteiger partial charge on any atom is -0.371 e. The van der Waals surface area contributed by atoms with E-state index in [2.05, 4.69) is 57.9 Å². The van der Waals surface area contributed by atoms with Gasteiger partial charge in [0, 0.05) is 49.4 Å². The van der Waals surface area contributed by atoms with Gasteiger partial charge < -0.3 is 20.9 Å². The molecule has 2 amide bonds. The zero-order chi connectivity index (χ0) is 29.8. The van der Waals surface area contributed by atoms with Gasteiger partial charge in [-0.05, 0) is 75.1 Å². The van der Waals surface area contributed by atoms with E-state index in [1.54, 1.807) is 7.05 Å². The van der Waals surface area contributed by atoms with E-state index < -0.39 is 5.83 Å². The number of aliphatic imine (C=N–C) groups is 2. The fraction of sp³-hybridized carbons (Fsp3) is 0.576. The molecule has 8 nitrogen and oxygen atoms in total. The highest BCUT2D eigenvalue weighted by Gasteiger charge is 2.55. The van der Waals surface area contributed by atoms with Crippen LogP contribution in [-0.4, -0.2) is 55.6 Å². The maximum absolute atomic E-state index is 15.5. The largest absolute Gasteiger partial charge is 0.371 e. The van der Waals surface area contributed by atoms with Crippen LogP contribution in [0.4, 0.5) is 15.8 Å². The predicted octanol–water partition coefficient (Wildman–Crippen LogP) is 5.17. The van der Waals surface area contributed by atoms with Gasteiger partial charge in [-0.25, -0.2) is 9.38 Å². The van der Waals surface area contributed by atoms with Gasteiger partial charge in [0.1, 0.15) is 5.84 Å². The standard InChI is InChI=1S/C33H45FN6O2/c1-5-7-8-14-40(13-6-2)28-12-10-23-15-21(28)18-29(41)38-27-17-22-16-24(27)31(30(22)33(42)35-4)39-26-11-9-20(3)32(37-23)36-19-25(26)34/h5,7,10,12,15,19-20,22,24,27,30-31H,6,8-9,11,13-14,16-18H2,1-4H3,(H,35,42)(H,36,37)(H,38,41). The second-order valence-corrected chi connectivity index (χ2v) is 12.2. The second-order valence-electron chi connectivity index (χ2n) is 12.2. The van der Waals surface area contributed by atoms with Crippen molar-refractivity contribution in [3.8, 4) is 0 Å².